The SMILES string of the molecule is CCOCC(C)OCc1ccc(OC)c(C(N)=S)c1. The largest absolute Gasteiger partial charge is 0.496 e. The molecule has 0 saturated heterocycles. The van der Waals surface area contributed by atoms with E-state index in [2.05, 4.69) is 0 Å². The molecule has 0 aliphatic carbocycles. The lowest BCUT2D eigenvalue weighted by molar-refractivity contribution is -0.0116. The van der Waals surface area contributed by atoms with Crippen LogP contribution in [0.15, 0.2) is 18.2 Å². The van der Waals surface area contributed by atoms with Crippen molar-refractivity contribution in [1.29, 1.82) is 0 Å². The van der Waals surface area contributed by atoms with E-state index in [1.54, 1.807) is 7.11 Å². The van der Waals surface area contributed by atoms with Crippen molar-refractivity contribution in [2.45, 2.75) is 26.6 Å². The Hall–Kier alpha value is -1.17. The zero-order valence-corrected chi connectivity index (χ0v) is 12.5. The maximum absolute atomic E-state index is 5.69. The maximum atomic E-state index is 5.69. The van der Waals surface area contributed by atoms with Gasteiger partial charge in [-0.25, -0.2) is 0 Å². The Morgan fingerprint density at radius 3 is 2.74 bits per heavy atom. The molecule has 0 aromatic heterocycles. The second kappa shape index (κ2) is 8.09. The number of methoxy groups -OCH3 is 1. The average molecular weight is 283 g/mol. The lowest BCUT2D eigenvalue weighted by atomic mass is 10.1. The Morgan fingerprint density at radius 2 is 2.16 bits per heavy atom. The summed E-state index contributed by atoms with van der Waals surface area (Å²) in [6.07, 6.45) is 0.0512. The normalized spacial score (nSPS) is 12.2. The van der Waals surface area contributed by atoms with Gasteiger partial charge in [-0.3, -0.25) is 0 Å². The molecule has 106 valence electrons. The molecule has 4 nitrogen and oxygen atoms in total. The van der Waals surface area contributed by atoms with Crippen molar-refractivity contribution in [2.75, 3.05) is 20.3 Å². The fourth-order valence-electron chi connectivity index (χ4n) is 1.61. The van der Waals surface area contributed by atoms with Gasteiger partial charge in [0.15, 0.2) is 0 Å². The maximum Gasteiger partial charge on any atom is 0.129 e. The smallest absolute Gasteiger partial charge is 0.129 e. The summed E-state index contributed by atoms with van der Waals surface area (Å²) in [5.74, 6) is 0.679. The van der Waals surface area contributed by atoms with Crippen molar-refractivity contribution in [3.05, 3.63) is 29.3 Å². The molecule has 0 heterocycles. The Morgan fingerprint density at radius 1 is 1.42 bits per heavy atom. The van der Waals surface area contributed by atoms with Gasteiger partial charge in [0.2, 0.25) is 0 Å². The molecule has 1 unspecified atom stereocenters. The van der Waals surface area contributed by atoms with Crippen LogP contribution < -0.4 is 10.5 Å². The Labute approximate surface area is 119 Å². The molecule has 0 spiro atoms. The Bertz CT molecular complexity index is 423. The van der Waals surface area contributed by atoms with E-state index in [-0.39, 0.29) is 6.10 Å². The predicted molar refractivity (Wildman–Crippen MR) is 79.6 cm³/mol. The second-order valence-electron chi connectivity index (χ2n) is 4.18. The number of hydrogen-bond acceptors (Lipinski definition) is 4. The highest BCUT2D eigenvalue weighted by atomic mass is 32.1. The Balaban J connectivity index is 2.64. The van der Waals surface area contributed by atoms with E-state index in [1.165, 1.54) is 0 Å². The standard InChI is InChI=1S/C14H21NO3S/c1-4-17-8-10(2)18-9-11-5-6-13(16-3)12(7-11)14(15)19/h5-7,10H,4,8-9H2,1-3H3,(H2,15,19). The monoisotopic (exact) mass is 283 g/mol. The number of thiocarbonyl (C=S) groups is 1. The van der Waals surface area contributed by atoms with Gasteiger partial charge in [-0.2, -0.15) is 0 Å². The van der Waals surface area contributed by atoms with Gasteiger partial charge in [-0.15, -0.1) is 0 Å². The van der Waals surface area contributed by atoms with Crippen molar-refractivity contribution in [3.63, 3.8) is 0 Å². The van der Waals surface area contributed by atoms with Crippen LogP contribution in [0.3, 0.4) is 0 Å². The molecule has 0 bridgehead atoms. The first-order chi connectivity index (χ1) is 9.08. The van der Waals surface area contributed by atoms with Crippen molar-refractivity contribution in [3.8, 4) is 5.75 Å². The van der Waals surface area contributed by atoms with Crippen LogP contribution in [0.25, 0.3) is 0 Å². The first-order valence-electron chi connectivity index (χ1n) is 6.24. The number of hydrogen-bond donors (Lipinski definition) is 1. The quantitative estimate of drug-likeness (QED) is 0.742. The van der Waals surface area contributed by atoms with Crippen LogP contribution in [0.5, 0.6) is 5.75 Å². The van der Waals surface area contributed by atoms with Crippen LogP contribution >= 0.6 is 12.2 Å². The van der Waals surface area contributed by atoms with E-state index in [0.717, 1.165) is 11.1 Å². The highest BCUT2D eigenvalue weighted by molar-refractivity contribution is 7.80. The molecule has 1 aromatic carbocycles. The summed E-state index contributed by atoms with van der Waals surface area (Å²) in [7, 11) is 1.59. The molecule has 19 heavy (non-hydrogen) atoms. The number of benzene rings is 1. The van der Waals surface area contributed by atoms with Crippen LogP contribution in [-0.4, -0.2) is 31.4 Å². The molecular weight excluding hydrogens is 262 g/mol. The lowest BCUT2D eigenvalue weighted by Crippen LogP contribution is -2.16. The van der Waals surface area contributed by atoms with Crippen LogP contribution in [0.2, 0.25) is 0 Å². The highest BCUT2D eigenvalue weighted by Gasteiger charge is 2.08. The first kappa shape index (κ1) is 15.9. The summed E-state index contributed by atoms with van der Waals surface area (Å²) < 4.78 is 16.2. The van der Waals surface area contributed by atoms with E-state index in [0.29, 0.717) is 30.6 Å². The van der Waals surface area contributed by atoms with Crippen molar-refractivity contribution < 1.29 is 14.2 Å². The van der Waals surface area contributed by atoms with E-state index < -0.39 is 0 Å². The van der Waals surface area contributed by atoms with Gasteiger partial charge in [0.25, 0.3) is 0 Å². The van der Waals surface area contributed by atoms with Gasteiger partial charge in [-0.05, 0) is 31.5 Å². The lowest BCUT2D eigenvalue weighted by Gasteiger charge is -2.14. The van der Waals surface area contributed by atoms with Gasteiger partial charge in [0.1, 0.15) is 10.7 Å². The van der Waals surface area contributed by atoms with Crippen molar-refractivity contribution >= 4 is 17.2 Å². The van der Waals surface area contributed by atoms with Gasteiger partial charge < -0.3 is 19.9 Å². The topological polar surface area (TPSA) is 53.7 Å². The summed E-state index contributed by atoms with van der Waals surface area (Å²) in [4.78, 5) is 0.320. The molecule has 0 aliphatic heterocycles. The minimum Gasteiger partial charge on any atom is -0.496 e. The van der Waals surface area contributed by atoms with E-state index in [1.807, 2.05) is 32.0 Å². The fourth-order valence-corrected chi connectivity index (χ4v) is 1.77. The molecule has 1 rings (SSSR count). The number of rotatable bonds is 8. The fraction of sp³-hybridized carbons (Fsp3) is 0.500. The summed E-state index contributed by atoms with van der Waals surface area (Å²) in [5, 5.41) is 0. The molecule has 1 aromatic rings. The summed E-state index contributed by atoms with van der Waals surface area (Å²) in [5.41, 5.74) is 7.41. The number of ether oxygens (including phenoxy) is 3. The minimum atomic E-state index is 0.0512. The molecule has 5 heteroatoms. The molecule has 1 atom stereocenters. The second-order valence-corrected chi connectivity index (χ2v) is 4.62. The van der Waals surface area contributed by atoms with E-state index in [4.69, 9.17) is 32.2 Å². The minimum absolute atomic E-state index is 0.0512. The molecule has 0 saturated carbocycles. The third kappa shape index (κ3) is 5.14. The summed E-state index contributed by atoms with van der Waals surface area (Å²) in [6.45, 7) is 5.73. The van der Waals surface area contributed by atoms with E-state index in [9.17, 15) is 0 Å². The van der Waals surface area contributed by atoms with Crippen LogP contribution in [-0.2, 0) is 16.1 Å². The molecule has 0 fully saturated rings. The first-order valence-corrected chi connectivity index (χ1v) is 6.65. The zero-order valence-electron chi connectivity index (χ0n) is 11.6. The molecule has 2 N–H and O–H groups in total. The van der Waals surface area contributed by atoms with Crippen LogP contribution in [0.4, 0.5) is 0 Å². The molecule has 0 aliphatic rings. The van der Waals surface area contributed by atoms with Crippen molar-refractivity contribution in [2.24, 2.45) is 5.73 Å². The Kier molecular flexibility index (Phi) is 6.77. The third-order valence-corrected chi connectivity index (χ3v) is 2.84. The van der Waals surface area contributed by atoms with E-state index >= 15 is 0 Å². The van der Waals surface area contributed by atoms with Gasteiger partial charge in [0, 0.05) is 6.61 Å². The molecule has 0 amide bonds. The van der Waals surface area contributed by atoms with Gasteiger partial charge in [0.05, 0.1) is 32.0 Å². The number of nitrogens with two attached hydrogens (primary N) is 1. The average Bonchev–Trinajstić information content (AvgIpc) is 2.42. The van der Waals surface area contributed by atoms with Gasteiger partial charge in [-0.1, -0.05) is 18.3 Å². The summed E-state index contributed by atoms with van der Waals surface area (Å²) in [6, 6.07) is 5.68. The van der Waals surface area contributed by atoms with Crippen molar-refractivity contribution in [1.82, 2.24) is 0 Å². The zero-order chi connectivity index (χ0) is 14.3. The van der Waals surface area contributed by atoms with Gasteiger partial charge >= 0.3 is 0 Å². The summed E-state index contributed by atoms with van der Waals surface area (Å²) >= 11 is 5.01. The molecular formula is C14H21NO3S. The van der Waals surface area contributed by atoms with Crippen LogP contribution in [0, 0.1) is 0 Å². The predicted octanol–water partition coefficient (Wildman–Crippen LogP) is 2.27. The third-order valence-electron chi connectivity index (χ3n) is 2.62. The molecule has 0 radical (unpaired) electrons. The van der Waals surface area contributed by atoms with Crippen LogP contribution in [0.1, 0.15) is 25.0 Å². The highest BCUT2D eigenvalue weighted by Crippen LogP contribution is 2.20.